The molecule has 0 heterocycles. The van der Waals surface area contributed by atoms with Crippen LogP contribution in [-0.2, 0) is 0 Å². The fourth-order valence-electron chi connectivity index (χ4n) is 4.26. The summed E-state index contributed by atoms with van der Waals surface area (Å²) in [6.07, 6.45) is 12.4. The molecule has 2 atom stereocenters. The number of aliphatic hydroxyl groups excluding tert-OH is 1. The lowest BCUT2D eigenvalue weighted by Gasteiger charge is -2.35. The maximum atomic E-state index is 9.39. The molecule has 118 valence electrons. The molecule has 2 saturated carbocycles. The molecule has 0 aromatic carbocycles. The molecule has 0 spiro atoms. The van der Waals surface area contributed by atoms with Crippen molar-refractivity contribution in [3.8, 4) is 0 Å². The van der Waals surface area contributed by atoms with Gasteiger partial charge in [0.1, 0.15) is 0 Å². The zero-order chi connectivity index (χ0) is 14.2. The molecular formula is C17H34N2O. The topological polar surface area (TPSA) is 35.5 Å². The van der Waals surface area contributed by atoms with Crippen LogP contribution in [-0.4, -0.2) is 48.3 Å². The third kappa shape index (κ3) is 4.71. The average Bonchev–Trinajstić information content (AvgIpc) is 2.89. The van der Waals surface area contributed by atoms with Gasteiger partial charge in [0.2, 0.25) is 0 Å². The first kappa shape index (κ1) is 16.3. The van der Waals surface area contributed by atoms with E-state index in [9.17, 15) is 5.11 Å². The molecular weight excluding hydrogens is 248 g/mol. The summed E-state index contributed by atoms with van der Waals surface area (Å²) in [6.45, 7) is 5.70. The van der Waals surface area contributed by atoms with Crippen molar-refractivity contribution in [1.82, 2.24) is 10.2 Å². The summed E-state index contributed by atoms with van der Waals surface area (Å²) in [5.41, 5.74) is 0. The van der Waals surface area contributed by atoms with Crippen LogP contribution in [0, 0.1) is 5.92 Å². The van der Waals surface area contributed by atoms with Crippen LogP contribution in [0.25, 0.3) is 0 Å². The van der Waals surface area contributed by atoms with Crippen LogP contribution >= 0.6 is 0 Å². The molecule has 2 rings (SSSR count). The number of aliphatic hydroxyl groups is 1. The molecule has 0 aromatic rings. The monoisotopic (exact) mass is 282 g/mol. The van der Waals surface area contributed by atoms with Gasteiger partial charge in [-0.05, 0) is 38.1 Å². The minimum absolute atomic E-state index is 0.315. The van der Waals surface area contributed by atoms with Crippen LogP contribution in [0.4, 0.5) is 0 Å². The standard InChI is InChI=1S/C17H34N2O/c1-2-18-17-11-5-3-4-8-15(17)14-19(12-13-20)16-9-6-7-10-16/h15-18,20H,2-14H2,1H3. The fraction of sp³-hybridized carbons (Fsp3) is 1.00. The van der Waals surface area contributed by atoms with Crippen LogP contribution in [0.3, 0.4) is 0 Å². The highest BCUT2D eigenvalue weighted by atomic mass is 16.3. The number of hydrogen-bond acceptors (Lipinski definition) is 3. The lowest BCUT2D eigenvalue weighted by Crippen LogP contribution is -2.45. The molecule has 0 radical (unpaired) electrons. The second-order valence-corrected chi connectivity index (χ2v) is 6.72. The third-order valence-electron chi connectivity index (χ3n) is 5.32. The second-order valence-electron chi connectivity index (χ2n) is 6.72. The Morgan fingerprint density at radius 3 is 2.40 bits per heavy atom. The summed E-state index contributed by atoms with van der Waals surface area (Å²) >= 11 is 0. The van der Waals surface area contributed by atoms with Crippen molar-refractivity contribution in [3.05, 3.63) is 0 Å². The Labute approximate surface area is 125 Å². The highest BCUT2D eigenvalue weighted by Crippen LogP contribution is 2.28. The Morgan fingerprint density at radius 2 is 1.70 bits per heavy atom. The first-order chi connectivity index (χ1) is 9.85. The Kier molecular flexibility index (Phi) is 7.32. The zero-order valence-electron chi connectivity index (χ0n) is 13.3. The molecule has 3 nitrogen and oxygen atoms in total. The number of nitrogens with one attached hydrogen (secondary N) is 1. The zero-order valence-corrected chi connectivity index (χ0v) is 13.3. The highest BCUT2D eigenvalue weighted by molar-refractivity contribution is 4.85. The van der Waals surface area contributed by atoms with E-state index in [1.807, 2.05) is 0 Å². The quantitative estimate of drug-likeness (QED) is 0.705. The van der Waals surface area contributed by atoms with Crippen molar-refractivity contribution in [1.29, 1.82) is 0 Å². The van der Waals surface area contributed by atoms with Gasteiger partial charge in [-0.15, -0.1) is 0 Å². The summed E-state index contributed by atoms with van der Waals surface area (Å²) in [5.74, 6) is 0.782. The Hall–Kier alpha value is -0.120. The molecule has 2 N–H and O–H groups in total. The molecule has 20 heavy (non-hydrogen) atoms. The van der Waals surface area contributed by atoms with Crippen molar-refractivity contribution in [2.75, 3.05) is 26.2 Å². The van der Waals surface area contributed by atoms with Crippen molar-refractivity contribution in [3.63, 3.8) is 0 Å². The van der Waals surface area contributed by atoms with E-state index in [-0.39, 0.29) is 0 Å². The van der Waals surface area contributed by atoms with Gasteiger partial charge in [0.25, 0.3) is 0 Å². The van der Waals surface area contributed by atoms with Crippen LogP contribution in [0.1, 0.15) is 64.7 Å². The van der Waals surface area contributed by atoms with Crippen molar-refractivity contribution in [2.45, 2.75) is 76.8 Å². The maximum Gasteiger partial charge on any atom is 0.0558 e. The highest BCUT2D eigenvalue weighted by Gasteiger charge is 2.29. The van der Waals surface area contributed by atoms with Gasteiger partial charge in [-0.1, -0.05) is 39.0 Å². The predicted octanol–water partition coefficient (Wildman–Crippen LogP) is 2.78. The van der Waals surface area contributed by atoms with E-state index in [1.165, 1.54) is 64.3 Å². The van der Waals surface area contributed by atoms with Gasteiger partial charge in [0, 0.05) is 25.2 Å². The first-order valence-electron chi connectivity index (χ1n) is 8.93. The Bertz CT molecular complexity index is 253. The minimum atomic E-state index is 0.315. The van der Waals surface area contributed by atoms with Crippen molar-refractivity contribution in [2.24, 2.45) is 5.92 Å². The van der Waals surface area contributed by atoms with E-state index < -0.39 is 0 Å². The number of nitrogens with zero attached hydrogens (tertiary/aromatic N) is 1. The Morgan fingerprint density at radius 1 is 1.00 bits per heavy atom. The summed E-state index contributed by atoms with van der Waals surface area (Å²) < 4.78 is 0. The van der Waals surface area contributed by atoms with E-state index in [0.29, 0.717) is 12.6 Å². The van der Waals surface area contributed by atoms with Gasteiger partial charge >= 0.3 is 0 Å². The maximum absolute atomic E-state index is 9.39. The predicted molar refractivity (Wildman–Crippen MR) is 85.0 cm³/mol. The third-order valence-corrected chi connectivity index (χ3v) is 5.32. The summed E-state index contributed by atoms with van der Waals surface area (Å²) in [6, 6.07) is 1.44. The van der Waals surface area contributed by atoms with E-state index >= 15 is 0 Å². The van der Waals surface area contributed by atoms with Gasteiger partial charge in [-0.25, -0.2) is 0 Å². The van der Waals surface area contributed by atoms with Gasteiger partial charge in [0.05, 0.1) is 6.61 Å². The van der Waals surface area contributed by atoms with Gasteiger partial charge in [0.15, 0.2) is 0 Å². The Balaban J connectivity index is 1.93. The van der Waals surface area contributed by atoms with Gasteiger partial charge < -0.3 is 10.4 Å². The first-order valence-corrected chi connectivity index (χ1v) is 8.93. The van der Waals surface area contributed by atoms with E-state index in [0.717, 1.165) is 25.0 Å². The molecule has 3 heteroatoms. The molecule has 2 unspecified atom stereocenters. The normalized spacial score (nSPS) is 28.9. The number of rotatable bonds is 7. The summed E-state index contributed by atoms with van der Waals surface area (Å²) in [7, 11) is 0. The van der Waals surface area contributed by atoms with E-state index in [1.54, 1.807) is 0 Å². The second kappa shape index (κ2) is 9.01. The molecule has 0 saturated heterocycles. The van der Waals surface area contributed by atoms with E-state index in [2.05, 4.69) is 17.1 Å². The fourth-order valence-corrected chi connectivity index (χ4v) is 4.26. The van der Waals surface area contributed by atoms with Crippen LogP contribution in [0.2, 0.25) is 0 Å². The van der Waals surface area contributed by atoms with Crippen molar-refractivity contribution < 1.29 is 5.11 Å². The SMILES string of the molecule is CCNC1CCCCCC1CN(CCO)C1CCCC1. The summed E-state index contributed by atoms with van der Waals surface area (Å²) in [4.78, 5) is 2.60. The summed E-state index contributed by atoms with van der Waals surface area (Å²) in [5, 5.41) is 13.1. The molecule has 0 amide bonds. The van der Waals surface area contributed by atoms with Crippen molar-refractivity contribution >= 4 is 0 Å². The van der Waals surface area contributed by atoms with Gasteiger partial charge in [-0.2, -0.15) is 0 Å². The van der Waals surface area contributed by atoms with Gasteiger partial charge in [-0.3, -0.25) is 4.90 Å². The molecule has 0 bridgehead atoms. The lowest BCUT2D eigenvalue weighted by molar-refractivity contribution is 0.117. The molecule has 2 aliphatic rings. The molecule has 0 aliphatic heterocycles. The van der Waals surface area contributed by atoms with E-state index in [4.69, 9.17) is 0 Å². The minimum Gasteiger partial charge on any atom is -0.395 e. The largest absolute Gasteiger partial charge is 0.395 e. The molecule has 2 aliphatic carbocycles. The lowest BCUT2D eigenvalue weighted by atomic mass is 9.93. The van der Waals surface area contributed by atoms with Crippen LogP contribution < -0.4 is 5.32 Å². The van der Waals surface area contributed by atoms with Crippen LogP contribution in [0.15, 0.2) is 0 Å². The molecule has 0 aromatic heterocycles. The molecule has 2 fully saturated rings. The average molecular weight is 282 g/mol. The smallest absolute Gasteiger partial charge is 0.0558 e. The number of hydrogen-bond donors (Lipinski definition) is 2. The van der Waals surface area contributed by atoms with Crippen LogP contribution in [0.5, 0.6) is 0 Å².